The van der Waals surface area contributed by atoms with Gasteiger partial charge < -0.3 is 19.4 Å². The number of benzene rings is 2. The molecule has 7 heteroatoms. The maximum absolute atomic E-state index is 12.3. The van der Waals surface area contributed by atoms with Crippen molar-refractivity contribution in [3.8, 4) is 0 Å². The molecule has 0 saturated carbocycles. The molecule has 0 spiro atoms. The van der Waals surface area contributed by atoms with Crippen LogP contribution in [-0.4, -0.2) is 36.7 Å². The van der Waals surface area contributed by atoms with E-state index in [1.807, 2.05) is 76.2 Å². The summed E-state index contributed by atoms with van der Waals surface area (Å²) in [6, 6.07) is 17.9. The van der Waals surface area contributed by atoms with Gasteiger partial charge in [0.2, 0.25) is 0 Å². The van der Waals surface area contributed by atoms with E-state index >= 15 is 0 Å². The Morgan fingerprint density at radius 2 is 1.75 bits per heavy atom. The molecule has 1 saturated heterocycles. The predicted octanol–water partition coefficient (Wildman–Crippen LogP) is 5.74. The summed E-state index contributed by atoms with van der Waals surface area (Å²) < 4.78 is 17.9. The number of nitrogens with one attached hydrogen (secondary N) is 1. The second-order valence-electron chi connectivity index (χ2n) is 8.73. The van der Waals surface area contributed by atoms with Crippen LogP contribution in [0, 0.1) is 0 Å². The highest BCUT2D eigenvalue weighted by Crippen LogP contribution is 2.38. The summed E-state index contributed by atoms with van der Waals surface area (Å²) in [5.74, 6) is 1.01. The van der Waals surface area contributed by atoms with Crippen molar-refractivity contribution in [3.05, 3.63) is 71.2 Å². The molecule has 1 aliphatic rings. The fraction of sp³-hybridized carbons (Fsp3) is 0.400. The zero-order chi connectivity index (χ0) is 23.2. The number of alkyl carbamates (subject to hydrolysis) is 1. The van der Waals surface area contributed by atoms with Gasteiger partial charge in [0, 0.05) is 11.4 Å². The molecule has 32 heavy (non-hydrogen) atoms. The first-order chi connectivity index (χ1) is 15.2. The number of rotatable bonds is 8. The van der Waals surface area contributed by atoms with Gasteiger partial charge in [0.15, 0.2) is 0 Å². The molecule has 5 nitrogen and oxygen atoms in total. The van der Waals surface area contributed by atoms with E-state index in [0.717, 1.165) is 22.4 Å². The Morgan fingerprint density at radius 1 is 1.06 bits per heavy atom. The van der Waals surface area contributed by atoms with Crippen molar-refractivity contribution in [2.24, 2.45) is 0 Å². The normalized spacial score (nSPS) is 17.3. The quantitative estimate of drug-likeness (QED) is 0.408. The first-order valence-electron chi connectivity index (χ1n) is 10.9. The van der Waals surface area contributed by atoms with Crippen LogP contribution >= 0.6 is 11.8 Å². The van der Waals surface area contributed by atoms with Gasteiger partial charge >= 0.3 is 13.2 Å². The van der Waals surface area contributed by atoms with E-state index < -0.39 is 24.4 Å². The summed E-state index contributed by atoms with van der Waals surface area (Å²) in [5, 5.41) is 2.85. The summed E-state index contributed by atoms with van der Waals surface area (Å²) in [4.78, 5) is 13.5. The predicted molar refractivity (Wildman–Crippen MR) is 132 cm³/mol. The third-order valence-electron chi connectivity index (χ3n) is 5.73. The zero-order valence-corrected chi connectivity index (χ0v) is 20.3. The van der Waals surface area contributed by atoms with E-state index in [9.17, 15) is 4.79 Å². The van der Waals surface area contributed by atoms with E-state index in [4.69, 9.17) is 14.0 Å². The third kappa shape index (κ3) is 6.41. The van der Waals surface area contributed by atoms with Crippen molar-refractivity contribution in [2.45, 2.75) is 57.3 Å². The topological polar surface area (TPSA) is 56.8 Å². The number of carbonyl (C=O) groups excluding carboxylic acids is 1. The standard InChI is InChI=1S/C25H32BNO4S/c1-6-32-22-14-10-13-20(16-22)15-21(26-30-24(2,3)25(4,5)31-26)17-27-23(28)29-18-19-11-8-7-9-12-19/h7-16H,6,17-18H2,1-5H3,(H,27,28). The Kier molecular flexibility index (Phi) is 8.09. The van der Waals surface area contributed by atoms with Gasteiger partial charge in [0.05, 0.1) is 11.2 Å². The van der Waals surface area contributed by atoms with Gasteiger partial charge in [-0.2, -0.15) is 0 Å². The Labute approximate surface area is 196 Å². The van der Waals surface area contributed by atoms with Crippen molar-refractivity contribution in [1.29, 1.82) is 0 Å². The smallest absolute Gasteiger partial charge is 0.445 e. The van der Waals surface area contributed by atoms with Gasteiger partial charge in [-0.1, -0.05) is 55.5 Å². The van der Waals surface area contributed by atoms with Crippen LogP contribution in [-0.2, 0) is 20.7 Å². The van der Waals surface area contributed by atoms with Gasteiger partial charge in [-0.15, -0.1) is 11.8 Å². The maximum atomic E-state index is 12.3. The molecule has 3 rings (SSSR count). The molecule has 0 unspecified atom stereocenters. The molecule has 2 aromatic rings. The van der Waals surface area contributed by atoms with Crippen LogP contribution in [0.3, 0.4) is 0 Å². The van der Waals surface area contributed by atoms with Crippen LogP contribution in [0.4, 0.5) is 4.79 Å². The van der Waals surface area contributed by atoms with Crippen LogP contribution in [0.2, 0.25) is 0 Å². The van der Waals surface area contributed by atoms with Crippen LogP contribution in [0.1, 0.15) is 45.7 Å². The van der Waals surface area contributed by atoms with Crippen molar-refractivity contribution in [3.63, 3.8) is 0 Å². The fourth-order valence-corrected chi connectivity index (χ4v) is 3.95. The molecule has 0 aromatic heterocycles. The molecular formula is C25H32BNO4S. The number of hydrogen-bond donors (Lipinski definition) is 1. The van der Waals surface area contributed by atoms with Crippen LogP contribution in [0.5, 0.6) is 0 Å². The molecular weight excluding hydrogens is 421 g/mol. The van der Waals surface area contributed by atoms with Gasteiger partial charge in [0.1, 0.15) is 6.61 Å². The Balaban J connectivity index is 1.73. The molecule has 0 bridgehead atoms. The number of hydrogen-bond acceptors (Lipinski definition) is 5. The molecule has 0 aliphatic carbocycles. The molecule has 2 aromatic carbocycles. The molecule has 0 atom stereocenters. The molecule has 1 fully saturated rings. The summed E-state index contributed by atoms with van der Waals surface area (Å²) >= 11 is 1.79. The molecule has 1 heterocycles. The van der Waals surface area contributed by atoms with E-state index in [2.05, 4.69) is 24.4 Å². The number of thioether (sulfide) groups is 1. The average Bonchev–Trinajstić information content (AvgIpc) is 2.97. The lowest BCUT2D eigenvalue weighted by atomic mass is 9.77. The van der Waals surface area contributed by atoms with Crippen LogP contribution < -0.4 is 5.32 Å². The van der Waals surface area contributed by atoms with E-state index in [1.54, 1.807) is 11.8 Å². The van der Waals surface area contributed by atoms with E-state index in [-0.39, 0.29) is 13.2 Å². The number of carbonyl (C=O) groups is 1. The fourth-order valence-electron chi connectivity index (χ4n) is 3.22. The lowest BCUT2D eigenvalue weighted by Crippen LogP contribution is -2.41. The SMILES string of the molecule is CCSc1cccc(C=C(CNC(=O)OCc2ccccc2)B2OC(C)(C)C(C)(C)O2)c1. The lowest BCUT2D eigenvalue weighted by molar-refractivity contribution is 0.00578. The Morgan fingerprint density at radius 3 is 2.41 bits per heavy atom. The van der Waals surface area contributed by atoms with E-state index in [0.29, 0.717) is 0 Å². The number of amides is 1. The molecule has 0 radical (unpaired) electrons. The summed E-state index contributed by atoms with van der Waals surface area (Å²) in [7, 11) is -0.558. The molecule has 170 valence electrons. The van der Waals surface area contributed by atoms with Gasteiger partial charge in [-0.25, -0.2) is 4.79 Å². The van der Waals surface area contributed by atoms with Crippen molar-refractivity contribution in [1.82, 2.24) is 5.32 Å². The second-order valence-corrected chi connectivity index (χ2v) is 10.1. The van der Waals surface area contributed by atoms with E-state index in [1.165, 1.54) is 4.90 Å². The molecule has 1 amide bonds. The zero-order valence-electron chi connectivity index (χ0n) is 19.5. The lowest BCUT2D eigenvalue weighted by Gasteiger charge is -2.32. The Bertz CT molecular complexity index is 930. The van der Waals surface area contributed by atoms with Gasteiger partial charge in [-0.3, -0.25) is 0 Å². The molecule has 1 aliphatic heterocycles. The minimum Gasteiger partial charge on any atom is -0.445 e. The summed E-state index contributed by atoms with van der Waals surface area (Å²) in [6.45, 7) is 10.7. The van der Waals surface area contributed by atoms with Crippen molar-refractivity contribution < 1.29 is 18.8 Å². The van der Waals surface area contributed by atoms with Gasteiger partial charge in [0.25, 0.3) is 0 Å². The first-order valence-corrected chi connectivity index (χ1v) is 11.9. The second kappa shape index (κ2) is 10.6. The summed E-state index contributed by atoms with van der Waals surface area (Å²) in [5.41, 5.74) is 1.87. The van der Waals surface area contributed by atoms with Crippen molar-refractivity contribution >= 4 is 31.0 Å². The monoisotopic (exact) mass is 453 g/mol. The van der Waals surface area contributed by atoms with Crippen LogP contribution in [0.25, 0.3) is 6.08 Å². The number of ether oxygens (including phenoxy) is 1. The largest absolute Gasteiger partial charge is 0.492 e. The third-order valence-corrected chi connectivity index (χ3v) is 6.60. The highest BCUT2D eigenvalue weighted by Gasteiger charge is 2.52. The van der Waals surface area contributed by atoms with Crippen molar-refractivity contribution in [2.75, 3.05) is 12.3 Å². The Hall–Kier alpha value is -2.22. The summed E-state index contributed by atoms with van der Waals surface area (Å²) in [6.07, 6.45) is 1.55. The minimum atomic E-state index is -0.558. The highest BCUT2D eigenvalue weighted by molar-refractivity contribution is 7.99. The first kappa shape index (κ1) is 24.4. The minimum absolute atomic E-state index is 0.221. The van der Waals surface area contributed by atoms with Gasteiger partial charge in [-0.05, 0) is 62.2 Å². The van der Waals surface area contributed by atoms with Crippen LogP contribution in [0.15, 0.2) is 65.0 Å². The highest BCUT2D eigenvalue weighted by atomic mass is 32.2. The average molecular weight is 453 g/mol. The molecule has 1 N–H and O–H groups in total. The maximum Gasteiger partial charge on any atom is 0.492 e.